The van der Waals surface area contributed by atoms with Crippen LogP contribution in [0.5, 0.6) is 0 Å². The Morgan fingerprint density at radius 3 is 3.07 bits per heavy atom. The van der Waals surface area contributed by atoms with Crippen molar-refractivity contribution in [2.24, 2.45) is 0 Å². The molecular formula is C10H11ClN4. The molecule has 0 aromatic carbocycles. The van der Waals surface area contributed by atoms with Crippen LogP contribution in [0.4, 0.5) is 5.82 Å². The number of halogens is 1. The third-order valence-electron chi connectivity index (χ3n) is 1.92. The van der Waals surface area contributed by atoms with Gasteiger partial charge in [-0.15, -0.1) is 0 Å². The van der Waals surface area contributed by atoms with Gasteiger partial charge in [0.1, 0.15) is 5.82 Å². The highest BCUT2D eigenvalue weighted by molar-refractivity contribution is 6.30. The van der Waals surface area contributed by atoms with E-state index in [9.17, 15) is 0 Å². The van der Waals surface area contributed by atoms with E-state index in [0.29, 0.717) is 5.02 Å². The van der Waals surface area contributed by atoms with Crippen molar-refractivity contribution in [2.75, 3.05) is 11.9 Å². The number of hydrogen-bond acceptors (Lipinski definition) is 3. The Balaban J connectivity index is 2.32. The lowest BCUT2D eigenvalue weighted by Gasteiger charge is -2.04. The van der Waals surface area contributed by atoms with Gasteiger partial charge in [0, 0.05) is 25.0 Å². The molecule has 0 saturated carbocycles. The summed E-state index contributed by atoms with van der Waals surface area (Å²) in [7, 11) is 0. The Morgan fingerprint density at radius 1 is 1.53 bits per heavy atom. The quantitative estimate of drug-likeness (QED) is 0.867. The van der Waals surface area contributed by atoms with Gasteiger partial charge in [-0.2, -0.15) is 5.10 Å². The molecule has 0 aliphatic rings. The first-order chi connectivity index (χ1) is 7.29. The van der Waals surface area contributed by atoms with E-state index in [-0.39, 0.29) is 0 Å². The van der Waals surface area contributed by atoms with Crippen LogP contribution < -0.4 is 5.32 Å². The largest absolute Gasteiger partial charge is 0.370 e. The second-order valence-corrected chi connectivity index (χ2v) is 3.47. The summed E-state index contributed by atoms with van der Waals surface area (Å²) in [6.45, 7) is 2.87. The van der Waals surface area contributed by atoms with E-state index in [1.165, 1.54) is 0 Å². The molecule has 2 aromatic rings. The van der Waals surface area contributed by atoms with Crippen LogP contribution in [0.25, 0.3) is 5.69 Å². The molecule has 0 bridgehead atoms. The van der Waals surface area contributed by atoms with Crippen molar-refractivity contribution in [1.82, 2.24) is 14.8 Å². The average molecular weight is 223 g/mol. The van der Waals surface area contributed by atoms with Crippen LogP contribution in [-0.4, -0.2) is 21.3 Å². The molecule has 0 aliphatic heterocycles. The van der Waals surface area contributed by atoms with Crippen LogP contribution >= 0.6 is 11.6 Å². The fraction of sp³-hybridized carbons (Fsp3) is 0.200. The molecule has 0 spiro atoms. The van der Waals surface area contributed by atoms with E-state index in [4.69, 9.17) is 11.6 Å². The van der Waals surface area contributed by atoms with E-state index >= 15 is 0 Å². The zero-order chi connectivity index (χ0) is 10.7. The third-order valence-corrected chi connectivity index (χ3v) is 2.11. The second kappa shape index (κ2) is 4.31. The number of pyridine rings is 1. The van der Waals surface area contributed by atoms with Crippen molar-refractivity contribution in [1.29, 1.82) is 0 Å². The highest BCUT2D eigenvalue weighted by Gasteiger charge is 2.00. The molecule has 5 heteroatoms. The van der Waals surface area contributed by atoms with Gasteiger partial charge < -0.3 is 5.32 Å². The van der Waals surface area contributed by atoms with Gasteiger partial charge in [0.2, 0.25) is 0 Å². The highest BCUT2D eigenvalue weighted by atomic mass is 35.5. The summed E-state index contributed by atoms with van der Waals surface area (Å²) >= 11 is 5.80. The molecule has 2 heterocycles. The molecule has 0 radical (unpaired) electrons. The average Bonchev–Trinajstić information content (AvgIpc) is 2.66. The van der Waals surface area contributed by atoms with Crippen molar-refractivity contribution < 1.29 is 0 Å². The van der Waals surface area contributed by atoms with Crippen LogP contribution in [0.2, 0.25) is 5.02 Å². The normalized spacial score (nSPS) is 10.3. The summed E-state index contributed by atoms with van der Waals surface area (Å²) in [6, 6.07) is 3.80. The topological polar surface area (TPSA) is 42.7 Å². The van der Waals surface area contributed by atoms with Crippen LogP contribution in [0.3, 0.4) is 0 Å². The van der Waals surface area contributed by atoms with Crippen molar-refractivity contribution >= 4 is 17.4 Å². The minimum atomic E-state index is 0.622. The molecule has 2 rings (SSSR count). The summed E-state index contributed by atoms with van der Waals surface area (Å²) < 4.78 is 1.71. The fourth-order valence-electron chi connectivity index (χ4n) is 1.28. The zero-order valence-corrected chi connectivity index (χ0v) is 9.07. The molecule has 0 saturated heterocycles. The fourth-order valence-corrected chi connectivity index (χ4v) is 1.42. The Labute approximate surface area is 92.9 Å². The van der Waals surface area contributed by atoms with Crippen molar-refractivity contribution in [3.05, 3.63) is 35.7 Å². The molecule has 78 valence electrons. The molecule has 0 unspecified atom stereocenters. The van der Waals surface area contributed by atoms with Gasteiger partial charge in [0.05, 0.1) is 16.9 Å². The summed E-state index contributed by atoms with van der Waals surface area (Å²) in [6.07, 6.45) is 5.10. The van der Waals surface area contributed by atoms with Crippen molar-refractivity contribution in [3.8, 4) is 5.69 Å². The van der Waals surface area contributed by atoms with Gasteiger partial charge >= 0.3 is 0 Å². The number of rotatable bonds is 3. The van der Waals surface area contributed by atoms with Gasteiger partial charge in [0.25, 0.3) is 0 Å². The summed E-state index contributed by atoms with van der Waals surface area (Å²) in [5, 5.41) is 7.88. The summed E-state index contributed by atoms with van der Waals surface area (Å²) in [4.78, 5) is 4.18. The van der Waals surface area contributed by atoms with Crippen molar-refractivity contribution in [3.63, 3.8) is 0 Å². The first-order valence-corrected chi connectivity index (χ1v) is 5.08. The van der Waals surface area contributed by atoms with Gasteiger partial charge in [-0.05, 0) is 13.0 Å². The first-order valence-electron chi connectivity index (χ1n) is 4.70. The minimum Gasteiger partial charge on any atom is -0.370 e. The van der Waals surface area contributed by atoms with E-state index in [2.05, 4.69) is 15.4 Å². The van der Waals surface area contributed by atoms with Gasteiger partial charge in [-0.3, -0.25) is 0 Å². The Kier molecular flexibility index (Phi) is 2.87. The number of anilines is 1. The molecule has 15 heavy (non-hydrogen) atoms. The van der Waals surface area contributed by atoms with E-state index < -0.39 is 0 Å². The summed E-state index contributed by atoms with van der Waals surface area (Å²) in [5.74, 6) is 0.835. The zero-order valence-electron chi connectivity index (χ0n) is 8.31. The van der Waals surface area contributed by atoms with Crippen molar-refractivity contribution in [2.45, 2.75) is 6.92 Å². The molecular weight excluding hydrogens is 212 g/mol. The Bertz CT molecular complexity index is 452. The van der Waals surface area contributed by atoms with Gasteiger partial charge in [-0.25, -0.2) is 9.67 Å². The monoisotopic (exact) mass is 222 g/mol. The smallest absolute Gasteiger partial charge is 0.128 e. The Hall–Kier alpha value is -1.55. The lowest BCUT2D eigenvalue weighted by atomic mass is 10.4. The van der Waals surface area contributed by atoms with Gasteiger partial charge in [0.15, 0.2) is 0 Å². The first kappa shape index (κ1) is 9.98. The number of hydrogen-bond donors (Lipinski definition) is 1. The number of aromatic nitrogens is 3. The van der Waals surface area contributed by atoms with Crippen LogP contribution in [0, 0.1) is 0 Å². The predicted octanol–water partition coefficient (Wildman–Crippen LogP) is 2.35. The highest BCUT2D eigenvalue weighted by Crippen LogP contribution is 2.13. The number of nitrogens with one attached hydrogen (secondary N) is 1. The van der Waals surface area contributed by atoms with Gasteiger partial charge in [-0.1, -0.05) is 11.6 Å². The molecule has 4 nitrogen and oxygen atoms in total. The maximum absolute atomic E-state index is 5.80. The molecule has 0 amide bonds. The Morgan fingerprint density at radius 2 is 2.40 bits per heavy atom. The maximum atomic E-state index is 5.80. The van der Waals surface area contributed by atoms with E-state index in [0.717, 1.165) is 18.1 Å². The molecule has 0 fully saturated rings. The van der Waals surface area contributed by atoms with Crippen LogP contribution in [0.1, 0.15) is 6.92 Å². The second-order valence-electron chi connectivity index (χ2n) is 3.03. The molecule has 2 aromatic heterocycles. The van der Waals surface area contributed by atoms with E-state index in [1.54, 1.807) is 23.3 Å². The number of nitrogens with zero attached hydrogens (tertiary/aromatic N) is 3. The molecule has 0 atom stereocenters. The SMILES string of the molecule is CCNc1cc(-n2cc(Cl)cn2)ccn1. The third kappa shape index (κ3) is 2.27. The van der Waals surface area contributed by atoms with Crippen LogP contribution in [-0.2, 0) is 0 Å². The maximum Gasteiger partial charge on any atom is 0.128 e. The molecule has 0 aliphatic carbocycles. The summed E-state index contributed by atoms with van der Waals surface area (Å²) in [5.41, 5.74) is 0.938. The lowest BCUT2D eigenvalue weighted by Crippen LogP contribution is -2.01. The minimum absolute atomic E-state index is 0.622. The van der Waals surface area contributed by atoms with E-state index in [1.807, 2.05) is 19.1 Å². The standard InChI is InChI=1S/C10H11ClN4/c1-2-12-10-5-9(3-4-13-10)15-7-8(11)6-14-15/h3-7H,2H2,1H3,(H,12,13). The lowest BCUT2D eigenvalue weighted by molar-refractivity contribution is 0.877. The molecule has 1 N–H and O–H groups in total. The predicted molar refractivity (Wildman–Crippen MR) is 60.5 cm³/mol. The van der Waals surface area contributed by atoms with Crippen LogP contribution in [0.15, 0.2) is 30.7 Å².